The number of carbonyl (C=O) groups excluding carboxylic acids is 1. The molecule has 2 atom stereocenters. The number of rotatable bonds is 5. The van der Waals surface area contributed by atoms with Crippen molar-refractivity contribution in [2.45, 2.75) is 18.9 Å². The lowest BCUT2D eigenvalue weighted by Crippen LogP contribution is -2.26. The highest BCUT2D eigenvalue weighted by Crippen LogP contribution is 2.36. The van der Waals surface area contributed by atoms with Crippen molar-refractivity contribution in [3.05, 3.63) is 29.8 Å². The van der Waals surface area contributed by atoms with Crippen LogP contribution in [0.3, 0.4) is 0 Å². The van der Waals surface area contributed by atoms with Crippen molar-refractivity contribution in [3.8, 4) is 6.07 Å². The van der Waals surface area contributed by atoms with Crippen LogP contribution in [0.15, 0.2) is 18.5 Å². The van der Waals surface area contributed by atoms with Crippen LogP contribution in [0.5, 0.6) is 0 Å². The van der Waals surface area contributed by atoms with Crippen molar-refractivity contribution in [2.24, 2.45) is 11.8 Å². The van der Waals surface area contributed by atoms with Crippen LogP contribution in [0.25, 0.3) is 0 Å². The summed E-state index contributed by atoms with van der Waals surface area (Å²) >= 11 is 0. The number of nitrogens with one attached hydrogen (secondary N) is 4. The molecular formula is C18H21N9O. The van der Waals surface area contributed by atoms with Crippen LogP contribution in [0, 0.1) is 23.2 Å². The summed E-state index contributed by atoms with van der Waals surface area (Å²) in [5, 5.41) is 29.5. The minimum absolute atomic E-state index is 0.232. The molecule has 1 aliphatic heterocycles. The Kier molecular flexibility index (Phi) is 4.99. The van der Waals surface area contributed by atoms with Crippen molar-refractivity contribution in [1.29, 1.82) is 5.26 Å². The third kappa shape index (κ3) is 3.70. The molecule has 10 heteroatoms. The lowest BCUT2D eigenvalue weighted by molar-refractivity contribution is 0.0958. The Hall–Kier alpha value is -3.32. The minimum atomic E-state index is -0.292. The highest BCUT2D eigenvalue weighted by atomic mass is 16.1. The SMILES string of the molecule is CNC(=O)c1nnc(Nc2cnc(C#N)cn2)cc1NC1CC2CNCC2C1. The van der Waals surface area contributed by atoms with E-state index >= 15 is 0 Å². The van der Waals surface area contributed by atoms with Crippen LogP contribution >= 0.6 is 0 Å². The zero-order valence-corrected chi connectivity index (χ0v) is 15.4. The predicted octanol–water partition coefficient (Wildman–Crippen LogP) is 0.651. The number of nitriles is 1. The molecule has 4 N–H and O–H groups in total. The van der Waals surface area contributed by atoms with E-state index in [1.54, 1.807) is 13.1 Å². The van der Waals surface area contributed by atoms with E-state index in [1.807, 2.05) is 6.07 Å². The Bertz CT molecular complexity index is 896. The molecule has 1 saturated heterocycles. The average molecular weight is 379 g/mol. The molecule has 2 unspecified atom stereocenters. The summed E-state index contributed by atoms with van der Waals surface area (Å²) in [5.41, 5.74) is 1.13. The molecule has 0 aromatic carbocycles. The van der Waals surface area contributed by atoms with Gasteiger partial charge in [0.2, 0.25) is 0 Å². The summed E-state index contributed by atoms with van der Waals surface area (Å²) in [6.07, 6.45) is 4.96. The van der Waals surface area contributed by atoms with Gasteiger partial charge in [-0.3, -0.25) is 4.79 Å². The van der Waals surface area contributed by atoms with Gasteiger partial charge in [-0.1, -0.05) is 0 Å². The maximum Gasteiger partial charge on any atom is 0.273 e. The van der Waals surface area contributed by atoms with Crippen LogP contribution in [0.1, 0.15) is 29.0 Å². The second-order valence-corrected chi connectivity index (χ2v) is 7.09. The van der Waals surface area contributed by atoms with Gasteiger partial charge in [-0.2, -0.15) is 5.26 Å². The van der Waals surface area contributed by atoms with E-state index in [1.165, 1.54) is 12.4 Å². The molecule has 1 saturated carbocycles. The fourth-order valence-electron chi connectivity index (χ4n) is 3.93. The lowest BCUT2D eigenvalue weighted by Gasteiger charge is -2.18. The van der Waals surface area contributed by atoms with Crippen molar-refractivity contribution in [2.75, 3.05) is 30.8 Å². The third-order valence-corrected chi connectivity index (χ3v) is 5.27. The van der Waals surface area contributed by atoms with Crippen LogP contribution in [0.4, 0.5) is 17.3 Å². The monoisotopic (exact) mass is 379 g/mol. The molecule has 4 rings (SSSR count). The molecule has 28 heavy (non-hydrogen) atoms. The Morgan fingerprint density at radius 2 is 1.96 bits per heavy atom. The number of aromatic nitrogens is 4. The minimum Gasteiger partial charge on any atom is -0.380 e. The number of fused-ring (bicyclic) bond motifs is 1. The summed E-state index contributed by atoms with van der Waals surface area (Å²) < 4.78 is 0. The molecule has 0 bridgehead atoms. The predicted molar refractivity (Wildman–Crippen MR) is 102 cm³/mol. The second kappa shape index (κ2) is 7.74. The molecule has 10 nitrogen and oxygen atoms in total. The number of hydrogen-bond acceptors (Lipinski definition) is 9. The first-order valence-electron chi connectivity index (χ1n) is 9.22. The maximum absolute atomic E-state index is 12.2. The Morgan fingerprint density at radius 1 is 1.18 bits per heavy atom. The van der Waals surface area contributed by atoms with E-state index in [2.05, 4.69) is 41.4 Å². The van der Waals surface area contributed by atoms with E-state index in [-0.39, 0.29) is 17.3 Å². The summed E-state index contributed by atoms with van der Waals surface area (Å²) in [4.78, 5) is 20.3. The third-order valence-electron chi connectivity index (χ3n) is 5.27. The van der Waals surface area contributed by atoms with E-state index in [0.29, 0.717) is 35.2 Å². The van der Waals surface area contributed by atoms with E-state index in [0.717, 1.165) is 25.9 Å². The van der Waals surface area contributed by atoms with Crippen molar-refractivity contribution in [1.82, 2.24) is 30.8 Å². The van der Waals surface area contributed by atoms with Gasteiger partial charge in [-0.25, -0.2) is 9.97 Å². The molecule has 2 aromatic rings. The summed E-state index contributed by atoms with van der Waals surface area (Å²) in [6.45, 7) is 2.12. The molecule has 2 aromatic heterocycles. The zero-order valence-electron chi connectivity index (χ0n) is 15.4. The number of nitrogens with zero attached hydrogens (tertiary/aromatic N) is 5. The van der Waals surface area contributed by atoms with Gasteiger partial charge in [-0.05, 0) is 37.8 Å². The van der Waals surface area contributed by atoms with Crippen molar-refractivity contribution in [3.63, 3.8) is 0 Å². The van der Waals surface area contributed by atoms with Crippen molar-refractivity contribution >= 4 is 23.2 Å². The van der Waals surface area contributed by atoms with Gasteiger partial charge < -0.3 is 21.3 Å². The van der Waals surface area contributed by atoms with Gasteiger partial charge in [0.1, 0.15) is 11.9 Å². The fourth-order valence-corrected chi connectivity index (χ4v) is 3.93. The lowest BCUT2D eigenvalue weighted by atomic mass is 10.0. The highest BCUT2D eigenvalue weighted by molar-refractivity contribution is 5.97. The molecule has 144 valence electrons. The Labute approximate surface area is 162 Å². The summed E-state index contributed by atoms with van der Waals surface area (Å²) in [5.74, 6) is 1.95. The van der Waals surface area contributed by atoms with Crippen LogP contribution in [-0.2, 0) is 0 Å². The van der Waals surface area contributed by atoms with Gasteiger partial charge in [-0.15, -0.1) is 10.2 Å². The van der Waals surface area contributed by atoms with Gasteiger partial charge in [0.25, 0.3) is 5.91 Å². The number of hydrogen-bond donors (Lipinski definition) is 4. The van der Waals surface area contributed by atoms with Crippen molar-refractivity contribution < 1.29 is 4.79 Å². The normalized spacial score (nSPS) is 22.9. The smallest absolute Gasteiger partial charge is 0.273 e. The van der Waals surface area contributed by atoms with E-state index in [4.69, 9.17) is 5.26 Å². The quantitative estimate of drug-likeness (QED) is 0.589. The van der Waals surface area contributed by atoms with Gasteiger partial charge in [0.15, 0.2) is 17.2 Å². The highest BCUT2D eigenvalue weighted by Gasteiger charge is 2.37. The molecule has 0 radical (unpaired) electrons. The summed E-state index contributed by atoms with van der Waals surface area (Å²) in [6, 6.07) is 3.97. The maximum atomic E-state index is 12.2. The second-order valence-electron chi connectivity index (χ2n) is 7.09. The van der Waals surface area contributed by atoms with E-state index < -0.39 is 0 Å². The number of amides is 1. The van der Waals surface area contributed by atoms with Gasteiger partial charge in [0.05, 0.1) is 18.1 Å². The van der Waals surface area contributed by atoms with Crippen LogP contribution in [0.2, 0.25) is 0 Å². The number of anilines is 3. The molecule has 2 aliphatic rings. The fraction of sp³-hybridized carbons (Fsp3) is 0.444. The van der Waals surface area contributed by atoms with Crippen LogP contribution < -0.4 is 21.3 Å². The topological polar surface area (TPSA) is 141 Å². The summed E-state index contributed by atoms with van der Waals surface area (Å²) in [7, 11) is 1.57. The molecular weight excluding hydrogens is 358 g/mol. The zero-order chi connectivity index (χ0) is 19.5. The first kappa shape index (κ1) is 18.1. The first-order valence-corrected chi connectivity index (χ1v) is 9.22. The molecule has 1 aliphatic carbocycles. The standard InChI is InChI=1S/C18H21N9O/c1-20-18(28)17-14(24-12-2-10-6-21-7-11(10)3-12)4-15(26-27-17)25-16-9-22-13(5-19)8-23-16/h4,8-12,21H,2-3,6-7H2,1H3,(H,20,28)(H2,23,24,25,26). The average Bonchev–Trinajstić information content (AvgIpc) is 3.30. The molecule has 0 spiro atoms. The molecule has 2 fully saturated rings. The van der Waals surface area contributed by atoms with Gasteiger partial charge >= 0.3 is 0 Å². The Morgan fingerprint density at radius 3 is 2.61 bits per heavy atom. The number of carbonyl (C=O) groups is 1. The first-order chi connectivity index (χ1) is 13.7. The molecule has 1 amide bonds. The van der Waals surface area contributed by atoms with Crippen LogP contribution in [-0.4, -0.2) is 52.3 Å². The largest absolute Gasteiger partial charge is 0.380 e. The Balaban J connectivity index is 1.54. The molecule has 3 heterocycles. The van der Waals surface area contributed by atoms with Gasteiger partial charge in [0, 0.05) is 19.2 Å². The van der Waals surface area contributed by atoms with E-state index in [9.17, 15) is 4.79 Å².